The van der Waals surface area contributed by atoms with Crippen molar-refractivity contribution in [2.75, 3.05) is 33.5 Å². The van der Waals surface area contributed by atoms with Crippen molar-refractivity contribution in [1.29, 1.82) is 0 Å². The number of unbranched alkanes of at least 4 members (excludes halogenated alkanes) is 1. The zero-order chi connectivity index (χ0) is 14.8. The quantitative estimate of drug-likeness (QED) is 0.684. The second kappa shape index (κ2) is 10.2. The van der Waals surface area contributed by atoms with E-state index in [-0.39, 0.29) is 5.91 Å². The molecule has 0 atom stereocenters. The maximum Gasteiger partial charge on any atom is 0.251 e. The van der Waals surface area contributed by atoms with Gasteiger partial charge in [-0.2, -0.15) is 0 Å². The molecular formula is C14H19BrClNO3. The SMILES string of the molecule is COCCOCCCCNC(=O)c1ccc(Cl)c(Br)c1. The molecule has 0 saturated carbocycles. The summed E-state index contributed by atoms with van der Waals surface area (Å²) >= 11 is 9.18. The molecule has 1 aromatic carbocycles. The third-order valence-corrected chi connectivity index (χ3v) is 3.83. The first-order valence-corrected chi connectivity index (χ1v) is 7.62. The topological polar surface area (TPSA) is 47.6 Å². The third kappa shape index (κ3) is 6.70. The van der Waals surface area contributed by atoms with Crippen LogP contribution < -0.4 is 5.32 Å². The van der Waals surface area contributed by atoms with E-state index < -0.39 is 0 Å². The number of carbonyl (C=O) groups excluding carboxylic acids is 1. The summed E-state index contributed by atoms with van der Waals surface area (Å²) in [6, 6.07) is 5.12. The van der Waals surface area contributed by atoms with Crippen LogP contribution in [0.1, 0.15) is 23.2 Å². The minimum absolute atomic E-state index is 0.0948. The monoisotopic (exact) mass is 363 g/mol. The molecule has 0 aliphatic rings. The molecular weight excluding hydrogens is 346 g/mol. The molecule has 0 bridgehead atoms. The van der Waals surface area contributed by atoms with Crippen LogP contribution in [-0.2, 0) is 9.47 Å². The summed E-state index contributed by atoms with van der Waals surface area (Å²) in [5, 5.41) is 3.46. The van der Waals surface area contributed by atoms with Gasteiger partial charge in [0, 0.05) is 30.3 Å². The molecule has 0 aliphatic carbocycles. The fourth-order valence-electron chi connectivity index (χ4n) is 1.51. The average Bonchev–Trinajstić information content (AvgIpc) is 2.44. The normalized spacial score (nSPS) is 10.6. The molecule has 6 heteroatoms. The number of rotatable bonds is 9. The Morgan fingerprint density at radius 2 is 2.10 bits per heavy atom. The number of carbonyl (C=O) groups is 1. The molecule has 0 spiro atoms. The first-order valence-electron chi connectivity index (χ1n) is 6.45. The zero-order valence-corrected chi connectivity index (χ0v) is 13.8. The van der Waals surface area contributed by atoms with E-state index in [1.165, 1.54) is 0 Å². The van der Waals surface area contributed by atoms with Crippen LogP contribution in [0.25, 0.3) is 0 Å². The molecule has 0 saturated heterocycles. The van der Waals surface area contributed by atoms with Crippen molar-refractivity contribution in [2.45, 2.75) is 12.8 Å². The lowest BCUT2D eigenvalue weighted by Gasteiger charge is -2.07. The van der Waals surface area contributed by atoms with E-state index in [0.717, 1.165) is 17.3 Å². The van der Waals surface area contributed by atoms with Gasteiger partial charge in [0.15, 0.2) is 0 Å². The lowest BCUT2D eigenvalue weighted by Crippen LogP contribution is -2.24. The Labute approximate surface area is 132 Å². The number of hydrogen-bond donors (Lipinski definition) is 1. The highest BCUT2D eigenvalue weighted by Gasteiger charge is 2.06. The van der Waals surface area contributed by atoms with Gasteiger partial charge in [0.25, 0.3) is 5.91 Å². The van der Waals surface area contributed by atoms with E-state index in [4.69, 9.17) is 21.1 Å². The van der Waals surface area contributed by atoms with Crippen LogP contribution in [0, 0.1) is 0 Å². The summed E-state index contributed by atoms with van der Waals surface area (Å²) in [4.78, 5) is 11.9. The summed E-state index contributed by atoms with van der Waals surface area (Å²) in [6.07, 6.45) is 1.79. The van der Waals surface area contributed by atoms with Crippen molar-refractivity contribution in [1.82, 2.24) is 5.32 Å². The van der Waals surface area contributed by atoms with E-state index in [1.54, 1.807) is 25.3 Å². The van der Waals surface area contributed by atoms with Gasteiger partial charge in [-0.05, 0) is 47.0 Å². The van der Waals surface area contributed by atoms with Gasteiger partial charge >= 0.3 is 0 Å². The predicted molar refractivity (Wildman–Crippen MR) is 83.4 cm³/mol. The van der Waals surface area contributed by atoms with Gasteiger partial charge in [0.2, 0.25) is 0 Å². The van der Waals surface area contributed by atoms with E-state index in [9.17, 15) is 4.79 Å². The van der Waals surface area contributed by atoms with Gasteiger partial charge in [-0.3, -0.25) is 4.79 Å². The Bertz CT molecular complexity index is 429. The second-order valence-electron chi connectivity index (χ2n) is 4.20. The first-order chi connectivity index (χ1) is 9.65. The molecule has 4 nitrogen and oxygen atoms in total. The third-order valence-electron chi connectivity index (χ3n) is 2.61. The molecule has 1 N–H and O–H groups in total. The minimum Gasteiger partial charge on any atom is -0.382 e. The molecule has 1 amide bonds. The Morgan fingerprint density at radius 3 is 2.80 bits per heavy atom. The average molecular weight is 365 g/mol. The fraction of sp³-hybridized carbons (Fsp3) is 0.500. The fourth-order valence-corrected chi connectivity index (χ4v) is 2.01. The number of amides is 1. The Hall–Kier alpha value is -0.620. The van der Waals surface area contributed by atoms with Gasteiger partial charge in [0.1, 0.15) is 0 Å². The number of benzene rings is 1. The number of hydrogen-bond acceptors (Lipinski definition) is 3. The summed E-state index contributed by atoms with van der Waals surface area (Å²) in [7, 11) is 1.65. The maximum absolute atomic E-state index is 11.9. The van der Waals surface area contributed by atoms with Crippen LogP contribution in [-0.4, -0.2) is 39.4 Å². The number of methoxy groups -OCH3 is 1. The predicted octanol–water partition coefficient (Wildman–Crippen LogP) is 3.28. The van der Waals surface area contributed by atoms with E-state index in [0.29, 0.717) is 37.0 Å². The number of halogens is 2. The molecule has 1 aromatic rings. The summed E-state index contributed by atoms with van der Waals surface area (Å²) in [5.41, 5.74) is 0.595. The lowest BCUT2D eigenvalue weighted by atomic mass is 10.2. The standard InChI is InChI=1S/C14H19BrClNO3/c1-19-8-9-20-7-3-2-6-17-14(18)11-4-5-13(16)12(15)10-11/h4-5,10H,2-3,6-9H2,1H3,(H,17,18). The minimum atomic E-state index is -0.0948. The smallest absolute Gasteiger partial charge is 0.251 e. The van der Waals surface area contributed by atoms with Crippen LogP contribution in [0.4, 0.5) is 0 Å². The lowest BCUT2D eigenvalue weighted by molar-refractivity contribution is 0.0686. The zero-order valence-electron chi connectivity index (χ0n) is 11.5. The van der Waals surface area contributed by atoms with Crippen LogP contribution in [0.15, 0.2) is 22.7 Å². The van der Waals surface area contributed by atoms with E-state index >= 15 is 0 Å². The van der Waals surface area contributed by atoms with Crippen LogP contribution in [0.2, 0.25) is 5.02 Å². The molecule has 20 heavy (non-hydrogen) atoms. The molecule has 112 valence electrons. The second-order valence-corrected chi connectivity index (χ2v) is 5.46. The van der Waals surface area contributed by atoms with E-state index in [2.05, 4.69) is 21.2 Å². The van der Waals surface area contributed by atoms with Crippen molar-refractivity contribution >= 4 is 33.4 Å². The summed E-state index contributed by atoms with van der Waals surface area (Å²) in [5.74, 6) is -0.0948. The highest BCUT2D eigenvalue weighted by Crippen LogP contribution is 2.23. The highest BCUT2D eigenvalue weighted by molar-refractivity contribution is 9.10. The van der Waals surface area contributed by atoms with Crippen LogP contribution in [0.3, 0.4) is 0 Å². The van der Waals surface area contributed by atoms with Gasteiger partial charge in [-0.1, -0.05) is 11.6 Å². The Kier molecular flexibility index (Phi) is 8.85. The van der Waals surface area contributed by atoms with Gasteiger partial charge in [-0.25, -0.2) is 0 Å². The van der Waals surface area contributed by atoms with Crippen LogP contribution >= 0.6 is 27.5 Å². The van der Waals surface area contributed by atoms with Gasteiger partial charge in [0.05, 0.1) is 18.2 Å². The molecule has 0 aromatic heterocycles. The van der Waals surface area contributed by atoms with Gasteiger partial charge in [-0.15, -0.1) is 0 Å². The van der Waals surface area contributed by atoms with Crippen LogP contribution in [0.5, 0.6) is 0 Å². The van der Waals surface area contributed by atoms with E-state index in [1.807, 2.05) is 0 Å². The molecule has 0 aliphatic heterocycles. The number of nitrogens with one attached hydrogen (secondary N) is 1. The molecule has 0 heterocycles. The summed E-state index contributed by atoms with van der Waals surface area (Å²) < 4.78 is 10.9. The largest absolute Gasteiger partial charge is 0.382 e. The van der Waals surface area contributed by atoms with Crippen molar-refractivity contribution in [3.8, 4) is 0 Å². The maximum atomic E-state index is 11.9. The van der Waals surface area contributed by atoms with Gasteiger partial charge < -0.3 is 14.8 Å². The van der Waals surface area contributed by atoms with Crippen molar-refractivity contribution in [3.63, 3.8) is 0 Å². The Balaban J connectivity index is 2.15. The molecule has 1 rings (SSSR count). The first kappa shape index (κ1) is 17.4. The van der Waals surface area contributed by atoms with Crippen molar-refractivity contribution in [3.05, 3.63) is 33.3 Å². The molecule has 0 unspecified atom stereocenters. The summed E-state index contributed by atoms with van der Waals surface area (Å²) in [6.45, 7) is 2.54. The van der Waals surface area contributed by atoms with Crippen molar-refractivity contribution < 1.29 is 14.3 Å². The molecule has 0 radical (unpaired) electrons. The number of ether oxygens (including phenoxy) is 2. The highest BCUT2D eigenvalue weighted by atomic mass is 79.9. The molecule has 0 fully saturated rings. The Morgan fingerprint density at radius 1 is 1.30 bits per heavy atom. The van der Waals surface area contributed by atoms with Crippen molar-refractivity contribution in [2.24, 2.45) is 0 Å².